The molecule has 12 heavy (non-hydrogen) atoms. The maximum atomic E-state index is 9.88. The average molecular weight is 173 g/mol. The molecule has 3 nitrogen and oxygen atoms in total. The maximum absolute atomic E-state index is 9.88. The number of quaternary nitrogens is 1. The van der Waals surface area contributed by atoms with Gasteiger partial charge >= 0.3 is 0 Å². The van der Waals surface area contributed by atoms with Crippen molar-refractivity contribution < 1.29 is 9.59 Å². The molecule has 1 heterocycles. The van der Waals surface area contributed by atoms with E-state index in [1.807, 2.05) is 0 Å². The molecule has 0 aliphatic carbocycles. The van der Waals surface area contributed by atoms with Gasteiger partial charge in [-0.1, -0.05) is 6.92 Å². The number of likely N-dealkylation sites (N-methyl/N-ethyl adjacent to an activating group) is 1. The fourth-order valence-corrected chi connectivity index (χ4v) is 1.77. The summed E-state index contributed by atoms with van der Waals surface area (Å²) in [4.78, 5) is 0. The fourth-order valence-electron chi connectivity index (χ4n) is 1.77. The summed E-state index contributed by atoms with van der Waals surface area (Å²) in [7, 11) is 2.15. The van der Waals surface area contributed by atoms with Crippen molar-refractivity contribution in [3.63, 3.8) is 0 Å². The highest BCUT2D eigenvalue weighted by atomic mass is 16.3. The Balaban J connectivity index is 2.44. The normalized spacial score (nSPS) is 25.2. The Morgan fingerprint density at radius 3 is 2.50 bits per heavy atom. The van der Waals surface area contributed by atoms with Crippen LogP contribution in [0.1, 0.15) is 19.8 Å². The third-order valence-electron chi connectivity index (χ3n) is 2.87. The van der Waals surface area contributed by atoms with Crippen LogP contribution in [0, 0.1) is 0 Å². The lowest BCUT2D eigenvalue weighted by atomic mass is 10.2. The topological polar surface area (TPSA) is 32.3 Å². The lowest BCUT2D eigenvalue weighted by Gasteiger charge is -2.41. The summed E-state index contributed by atoms with van der Waals surface area (Å²) in [6, 6.07) is 0. The van der Waals surface area contributed by atoms with Gasteiger partial charge in [-0.05, 0) is 6.42 Å². The van der Waals surface area contributed by atoms with Crippen molar-refractivity contribution in [1.82, 2.24) is 5.32 Å². The molecule has 1 atom stereocenters. The zero-order valence-electron chi connectivity index (χ0n) is 8.21. The van der Waals surface area contributed by atoms with Crippen molar-refractivity contribution in [3.05, 3.63) is 0 Å². The number of hydrogen-bond donors (Lipinski definition) is 2. The van der Waals surface area contributed by atoms with E-state index >= 15 is 0 Å². The molecular weight excluding hydrogens is 152 g/mol. The van der Waals surface area contributed by atoms with Crippen LogP contribution in [0.25, 0.3) is 0 Å². The molecule has 1 rings (SSSR count). The van der Waals surface area contributed by atoms with E-state index in [4.69, 9.17) is 0 Å². The van der Waals surface area contributed by atoms with E-state index in [0.29, 0.717) is 0 Å². The van der Waals surface area contributed by atoms with Gasteiger partial charge in [-0.15, -0.1) is 0 Å². The predicted molar refractivity (Wildman–Crippen MR) is 49.7 cm³/mol. The Kier molecular flexibility index (Phi) is 3.50. The molecule has 0 spiro atoms. The SMILES string of the molecule is CCCC(O)[N+]1(C)CCNCC1. The molecule has 0 aromatic rings. The minimum absolute atomic E-state index is 0.155. The van der Waals surface area contributed by atoms with Gasteiger partial charge in [0.1, 0.15) is 0 Å². The van der Waals surface area contributed by atoms with Crippen molar-refractivity contribution in [2.24, 2.45) is 0 Å². The van der Waals surface area contributed by atoms with Gasteiger partial charge in [0.25, 0.3) is 0 Å². The van der Waals surface area contributed by atoms with Gasteiger partial charge < -0.3 is 10.4 Å². The van der Waals surface area contributed by atoms with Crippen LogP contribution in [-0.4, -0.2) is 49.0 Å². The summed E-state index contributed by atoms with van der Waals surface area (Å²) < 4.78 is 0.834. The third kappa shape index (κ3) is 2.19. The van der Waals surface area contributed by atoms with E-state index in [9.17, 15) is 5.11 Å². The third-order valence-corrected chi connectivity index (χ3v) is 2.87. The molecule has 0 saturated carbocycles. The van der Waals surface area contributed by atoms with Crippen LogP contribution in [-0.2, 0) is 0 Å². The molecule has 3 heteroatoms. The van der Waals surface area contributed by atoms with Crippen molar-refractivity contribution >= 4 is 0 Å². The Labute approximate surface area is 75.0 Å². The largest absolute Gasteiger partial charge is 0.345 e. The molecular formula is C9H21N2O+. The fraction of sp³-hybridized carbons (Fsp3) is 1.00. The number of nitrogens with zero attached hydrogens (tertiary/aromatic N) is 1. The van der Waals surface area contributed by atoms with Gasteiger partial charge in [0, 0.05) is 19.5 Å². The first kappa shape index (κ1) is 9.96. The zero-order chi connectivity index (χ0) is 9.03. The van der Waals surface area contributed by atoms with Crippen LogP contribution in [0.4, 0.5) is 0 Å². The summed E-state index contributed by atoms with van der Waals surface area (Å²) in [5.41, 5.74) is 0. The Morgan fingerprint density at radius 2 is 2.00 bits per heavy atom. The Morgan fingerprint density at radius 1 is 1.42 bits per heavy atom. The number of aliphatic hydroxyl groups is 1. The summed E-state index contributed by atoms with van der Waals surface area (Å²) in [5, 5.41) is 13.2. The van der Waals surface area contributed by atoms with E-state index in [1.165, 1.54) is 0 Å². The molecule has 0 aromatic heterocycles. The second kappa shape index (κ2) is 4.21. The number of aliphatic hydroxyl groups excluding tert-OH is 1. The smallest absolute Gasteiger partial charge is 0.190 e. The van der Waals surface area contributed by atoms with Gasteiger partial charge in [-0.3, -0.25) is 4.48 Å². The molecule has 1 aliphatic rings. The number of rotatable bonds is 3. The highest BCUT2D eigenvalue weighted by molar-refractivity contribution is 4.57. The first-order chi connectivity index (χ1) is 5.69. The summed E-state index contributed by atoms with van der Waals surface area (Å²) in [6.07, 6.45) is 1.84. The first-order valence-electron chi connectivity index (χ1n) is 4.92. The summed E-state index contributed by atoms with van der Waals surface area (Å²) in [6.45, 7) is 6.31. The van der Waals surface area contributed by atoms with E-state index in [2.05, 4.69) is 19.3 Å². The summed E-state index contributed by atoms with van der Waals surface area (Å²) >= 11 is 0. The van der Waals surface area contributed by atoms with Crippen LogP contribution >= 0.6 is 0 Å². The molecule has 72 valence electrons. The van der Waals surface area contributed by atoms with Gasteiger partial charge in [0.05, 0.1) is 20.1 Å². The molecule has 0 radical (unpaired) electrons. The van der Waals surface area contributed by atoms with E-state index in [0.717, 1.165) is 43.5 Å². The van der Waals surface area contributed by atoms with E-state index in [-0.39, 0.29) is 6.23 Å². The Bertz CT molecular complexity index is 132. The molecule has 1 saturated heterocycles. The molecule has 1 unspecified atom stereocenters. The second-order valence-corrected chi connectivity index (χ2v) is 3.95. The predicted octanol–water partition coefficient (Wildman–Crippen LogP) is 0.155. The van der Waals surface area contributed by atoms with Crippen molar-refractivity contribution in [1.29, 1.82) is 0 Å². The quantitative estimate of drug-likeness (QED) is 0.596. The maximum Gasteiger partial charge on any atom is 0.190 e. The first-order valence-corrected chi connectivity index (χ1v) is 4.92. The average Bonchev–Trinajstić information content (AvgIpc) is 2.06. The lowest BCUT2D eigenvalue weighted by molar-refractivity contribution is -0.955. The van der Waals surface area contributed by atoms with Gasteiger partial charge in [-0.2, -0.15) is 0 Å². The highest BCUT2D eigenvalue weighted by Crippen LogP contribution is 2.13. The lowest BCUT2D eigenvalue weighted by Crippen LogP contribution is -2.61. The minimum atomic E-state index is -0.155. The highest BCUT2D eigenvalue weighted by Gasteiger charge is 2.31. The van der Waals surface area contributed by atoms with Crippen LogP contribution in [0.5, 0.6) is 0 Å². The zero-order valence-corrected chi connectivity index (χ0v) is 8.21. The molecule has 0 aromatic carbocycles. The van der Waals surface area contributed by atoms with Crippen LogP contribution in [0.3, 0.4) is 0 Å². The van der Waals surface area contributed by atoms with Crippen molar-refractivity contribution in [2.45, 2.75) is 26.0 Å². The monoisotopic (exact) mass is 173 g/mol. The molecule has 1 fully saturated rings. The number of hydrogen-bond acceptors (Lipinski definition) is 2. The van der Waals surface area contributed by atoms with Crippen LogP contribution in [0.15, 0.2) is 0 Å². The number of piperazine rings is 1. The molecule has 0 amide bonds. The standard InChI is InChI=1S/C9H21N2O/c1-3-4-9(12)11(2)7-5-10-6-8-11/h9-10,12H,3-8H2,1-2H3/q+1. The molecule has 1 aliphatic heterocycles. The van der Waals surface area contributed by atoms with Crippen LogP contribution in [0.2, 0.25) is 0 Å². The van der Waals surface area contributed by atoms with Crippen molar-refractivity contribution in [3.8, 4) is 0 Å². The van der Waals surface area contributed by atoms with E-state index < -0.39 is 0 Å². The van der Waals surface area contributed by atoms with Gasteiger partial charge in [0.2, 0.25) is 0 Å². The van der Waals surface area contributed by atoms with E-state index in [1.54, 1.807) is 0 Å². The summed E-state index contributed by atoms with van der Waals surface area (Å²) in [5.74, 6) is 0. The van der Waals surface area contributed by atoms with Gasteiger partial charge in [0.15, 0.2) is 6.23 Å². The number of nitrogens with one attached hydrogen (secondary N) is 1. The van der Waals surface area contributed by atoms with Crippen LogP contribution < -0.4 is 5.32 Å². The Hall–Kier alpha value is -0.120. The minimum Gasteiger partial charge on any atom is -0.345 e. The molecule has 2 N–H and O–H groups in total. The van der Waals surface area contributed by atoms with Gasteiger partial charge in [-0.25, -0.2) is 0 Å². The second-order valence-electron chi connectivity index (χ2n) is 3.95. The van der Waals surface area contributed by atoms with Crippen molar-refractivity contribution in [2.75, 3.05) is 33.2 Å². The molecule has 0 bridgehead atoms.